The highest BCUT2D eigenvalue weighted by molar-refractivity contribution is 5.91. The molecule has 1 unspecified atom stereocenters. The second kappa shape index (κ2) is 17.5. The van der Waals surface area contributed by atoms with Gasteiger partial charge in [0.15, 0.2) is 0 Å². The molecule has 0 aromatic carbocycles. The van der Waals surface area contributed by atoms with E-state index < -0.39 is 11.9 Å². The highest BCUT2D eigenvalue weighted by Crippen LogP contribution is 2.21. The van der Waals surface area contributed by atoms with Gasteiger partial charge in [-0.05, 0) is 18.8 Å². The molecule has 0 aromatic heterocycles. The first-order chi connectivity index (χ1) is 13.8. The zero-order valence-electron chi connectivity index (χ0n) is 19.8. The molecule has 0 fully saturated rings. The third-order valence-electron chi connectivity index (χ3n) is 5.36. The Morgan fingerprint density at radius 3 is 1.59 bits per heavy atom. The summed E-state index contributed by atoms with van der Waals surface area (Å²) in [4.78, 5) is 23.3. The number of hydrogen-bond acceptors (Lipinski definition) is 4. The number of esters is 2. The highest BCUT2D eigenvalue weighted by atomic mass is 16.5. The normalized spacial score (nSPS) is 12.9. The molecule has 0 aromatic rings. The van der Waals surface area contributed by atoms with Crippen molar-refractivity contribution in [2.24, 2.45) is 5.41 Å². The van der Waals surface area contributed by atoms with Crippen LogP contribution in [0, 0.1) is 5.41 Å². The Morgan fingerprint density at radius 1 is 0.724 bits per heavy atom. The minimum absolute atomic E-state index is 0.127. The Balaban J connectivity index is 3.50. The maximum atomic E-state index is 11.7. The van der Waals surface area contributed by atoms with Gasteiger partial charge in [0, 0.05) is 12.2 Å². The van der Waals surface area contributed by atoms with Gasteiger partial charge in [-0.1, -0.05) is 105 Å². The molecule has 0 saturated carbocycles. The van der Waals surface area contributed by atoms with E-state index in [1.54, 1.807) is 0 Å². The van der Waals surface area contributed by atoms with Crippen LogP contribution < -0.4 is 0 Å². The molecule has 0 bridgehead atoms. The lowest BCUT2D eigenvalue weighted by atomic mass is 9.90. The van der Waals surface area contributed by atoms with Crippen LogP contribution in [-0.2, 0) is 19.1 Å². The Bertz CT molecular complexity index is 448. The summed E-state index contributed by atoms with van der Waals surface area (Å²) in [5.41, 5.74) is -0.127. The SMILES string of the molecule is CCCCCCCCCCCCCCCOC(=O)/C=C/C(=O)OC(C)C(C)(C)C. The Labute approximate surface area is 179 Å². The van der Waals surface area contributed by atoms with Crippen LogP contribution in [-0.4, -0.2) is 24.6 Å². The van der Waals surface area contributed by atoms with Crippen molar-refractivity contribution in [1.29, 1.82) is 0 Å². The molecule has 0 aliphatic rings. The van der Waals surface area contributed by atoms with Crippen molar-refractivity contribution >= 4 is 11.9 Å². The first kappa shape index (κ1) is 27.7. The number of unbranched alkanes of at least 4 members (excludes halogenated alkanes) is 12. The molecular formula is C25H46O4. The zero-order chi connectivity index (χ0) is 22.0. The maximum absolute atomic E-state index is 11.7. The summed E-state index contributed by atoms with van der Waals surface area (Å²) >= 11 is 0. The Kier molecular flexibility index (Phi) is 16.7. The summed E-state index contributed by atoms with van der Waals surface area (Å²) in [6, 6.07) is 0. The van der Waals surface area contributed by atoms with E-state index in [2.05, 4.69) is 6.92 Å². The Hall–Kier alpha value is -1.32. The monoisotopic (exact) mass is 410 g/mol. The van der Waals surface area contributed by atoms with Gasteiger partial charge in [-0.25, -0.2) is 9.59 Å². The topological polar surface area (TPSA) is 52.6 Å². The lowest BCUT2D eigenvalue weighted by Crippen LogP contribution is -2.28. The van der Waals surface area contributed by atoms with E-state index in [9.17, 15) is 9.59 Å². The van der Waals surface area contributed by atoms with Crippen LogP contribution in [0.5, 0.6) is 0 Å². The first-order valence-electron chi connectivity index (χ1n) is 11.8. The summed E-state index contributed by atoms with van der Waals surface area (Å²) in [6.45, 7) is 10.5. The van der Waals surface area contributed by atoms with Crippen LogP contribution in [0.15, 0.2) is 12.2 Å². The van der Waals surface area contributed by atoms with Crippen molar-refractivity contribution in [1.82, 2.24) is 0 Å². The molecule has 0 aliphatic heterocycles. The zero-order valence-corrected chi connectivity index (χ0v) is 19.8. The number of hydrogen-bond donors (Lipinski definition) is 0. The molecule has 29 heavy (non-hydrogen) atoms. The van der Waals surface area contributed by atoms with Gasteiger partial charge in [-0.3, -0.25) is 0 Å². The van der Waals surface area contributed by atoms with Crippen molar-refractivity contribution < 1.29 is 19.1 Å². The number of carbonyl (C=O) groups excluding carboxylic acids is 2. The van der Waals surface area contributed by atoms with Gasteiger partial charge < -0.3 is 9.47 Å². The second-order valence-corrected chi connectivity index (χ2v) is 9.19. The van der Waals surface area contributed by atoms with Gasteiger partial charge in [0.25, 0.3) is 0 Å². The first-order valence-corrected chi connectivity index (χ1v) is 11.8. The van der Waals surface area contributed by atoms with E-state index in [0.717, 1.165) is 25.0 Å². The van der Waals surface area contributed by atoms with Crippen molar-refractivity contribution in [2.75, 3.05) is 6.61 Å². The predicted molar refractivity (Wildman–Crippen MR) is 121 cm³/mol. The van der Waals surface area contributed by atoms with Crippen LogP contribution in [0.3, 0.4) is 0 Å². The molecule has 0 spiro atoms. The van der Waals surface area contributed by atoms with Gasteiger partial charge in [0.2, 0.25) is 0 Å². The molecule has 170 valence electrons. The largest absolute Gasteiger partial charge is 0.463 e. The molecule has 0 N–H and O–H groups in total. The van der Waals surface area contributed by atoms with Crippen LogP contribution >= 0.6 is 0 Å². The highest BCUT2D eigenvalue weighted by Gasteiger charge is 2.22. The van der Waals surface area contributed by atoms with E-state index in [1.165, 1.54) is 70.6 Å². The van der Waals surface area contributed by atoms with Crippen LogP contribution in [0.4, 0.5) is 0 Å². The van der Waals surface area contributed by atoms with Crippen molar-refractivity contribution in [3.8, 4) is 0 Å². The van der Waals surface area contributed by atoms with Gasteiger partial charge in [0.1, 0.15) is 6.10 Å². The summed E-state index contributed by atoms with van der Waals surface area (Å²) in [7, 11) is 0. The molecule has 0 saturated heterocycles. The third-order valence-corrected chi connectivity index (χ3v) is 5.36. The van der Waals surface area contributed by atoms with E-state index in [-0.39, 0.29) is 11.5 Å². The lowest BCUT2D eigenvalue weighted by Gasteiger charge is -2.26. The van der Waals surface area contributed by atoms with Crippen LogP contribution in [0.1, 0.15) is 118 Å². The fourth-order valence-electron chi connectivity index (χ4n) is 2.87. The predicted octanol–water partition coefficient (Wildman–Crippen LogP) is 7.15. The minimum atomic E-state index is -0.509. The molecule has 0 radical (unpaired) electrons. The average Bonchev–Trinajstić information content (AvgIpc) is 2.65. The summed E-state index contributed by atoms with van der Waals surface area (Å²) in [6.07, 6.45) is 18.8. The van der Waals surface area contributed by atoms with Crippen LogP contribution in [0.2, 0.25) is 0 Å². The molecule has 0 rings (SSSR count). The molecule has 1 atom stereocenters. The smallest absolute Gasteiger partial charge is 0.331 e. The fraction of sp³-hybridized carbons (Fsp3) is 0.840. The fourth-order valence-corrected chi connectivity index (χ4v) is 2.87. The summed E-state index contributed by atoms with van der Waals surface area (Å²) in [5.74, 6) is -0.991. The number of ether oxygens (including phenoxy) is 2. The van der Waals surface area contributed by atoms with Crippen molar-refractivity contribution in [2.45, 2.75) is 124 Å². The van der Waals surface area contributed by atoms with Gasteiger partial charge in [-0.15, -0.1) is 0 Å². The molecule has 4 nitrogen and oxygen atoms in total. The molecule has 0 amide bonds. The number of rotatable bonds is 17. The van der Waals surface area contributed by atoms with Crippen molar-refractivity contribution in [3.05, 3.63) is 12.2 Å². The summed E-state index contributed by atoms with van der Waals surface area (Å²) in [5, 5.41) is 0. The average molecular weight is 411 g/mol. The van der Waals surface area contributed by atoms with Crippen LogP contribution in [0.25, 0.3) is 0 Å². The Morgan fingerprint density at radius 2 is 1.14 bits per heavy atom. The molecular weight excluding hydrogens is 364 g/mol. The quantitative estimate of drug-likeness (QED) is 0.145. The lowest BCUT2D eigenvalue weighted by molar-refractivity contribution is -0.147. The maximum Gasteiger partial charge on any atom is 0.331 e. The van der Waals surface area contributed by atoms with Gasteiger partial charge in [-0.2, -0.15) is 0 Å². The molecule has 0 heterocycles. The second-order valence-electron chi connectivity index (χ2n) is 9.19. The summed E-state index contributed by atoms with van der Waals surface area (Å²) < 4.78 is 10.4. The standard InChI is InChI=1S/C25H46O4/c1-6-7-8-9-10-11-12-13-14-15-16-17-18-21-28-23(26)19-20-24(27)29-22(2)25(3,4)5/h19-20,22H,6-18,21H2,1-5H3/b20-19+. The molecule has 0 aliphatic carbocycles. The number of carbonyl (C=O) groups is 2. The van der Waals surface area contributed by atoms with Gasteiger partial charge >= 0.3 is 11.9 Å². The van der Waals surface area contributed by atoms with E-state index in [0.29, 0.717) is 6.61 Å². The van der Waals surface area contributed by atoms with Crippen molar-refractivity contribution in [3.63, 3.8) is 0 Å². The minimum Gasteiger partial charge on any atom is -0.463 e. The van der Waals surface area contributed by atoms with E-state index in [4.69, 9.17) is 9.47 Å². The third kappa shape index (κ3) is 18.4. The molecule has 4 heteroatoms. The van der Waals surface area contributed by atoms with E-state index >= 15 is 0 Å². The van der Waals surface area contributed by atoms with Gasteiger partial charge in [0.05, 0.1) is 6.61 Å². The van der Waals surface area contributed by atoms with E-state index in [1.807, 2.05) is 27.7 Å².